The molecule has 3 N–H and O–H groups in total. The van der Waals surface area contributed by atoms with Gasteiger partial charge in [-0.3, -0.25) is 14.4 Å². The number of hydrogen-bond acceptors (Lipinski definition) is 5. The third-order valence-corrected chi connectivity index (χ3v) is 6.92. The molecule has 0 spiro atoms. The second-order valence-corrected chi connectivity index (χ2v) is 9.64. The SMILES string of the molecule is O=C(Nc1ccc(-c2ccc(NC(=O)[C@@H]3CCC[C@H]3C(=O)O)cc2)cc1)c1nc(-c2ccccc2)oc1C(F)(F)F. The molecule has 210 valence electrons. The summed E-state index contributed by atoms with van der Waals surface area (Å²) in [5, 5.41) is 14.5. The number of aromatic nitrogens is 1. The highest BCUT2D eigenvalue weighted by Gasteiger charge is 2.42. The van der Waals surface area contributed by atoms with Crippen LogP contribution in [-0.2, 0) is 15.8 Å². The molecule has 0 radical (unpaired) electrons. The first-order valence-corrected chi connectivity index (χ1v) is 12.8. The second-order valence-electron chi connectivity index (χ2n) is 9.64. The van der Waals surface area contributed by atoms with Crippen LogP contribution in [0.5, 0.6) is 0 Å². The van der Waals surface area contributed by atoms with Crippen LogP contribution in [0.2, 0.25) is 0 Å². The van der Waals surface area contributed by atoms with E-state index in [0.717, 1.165) is 11.1 Å². The van der Waals surface area contributed by atoms with E-state index in [1.54, 1.807) is 66.7 Å². The average Bonchev–Trinajstić information content (AvgIpc) is 3.63. The molecule has 1 fully saturated rings. The van der Waals surface area contributed by atoms with Gasteiger partial charge in [0.2, 0.25) is 17.6 Å². The Bertz CT molecular complexity index is 1570. The van der Waals surface area contributed by atoms with Gasteiger partial charge in [-0.2, -0.15) is 13.2 Å². The predicted molar refractivity (Wildman–Crippen MR) is 144 cm³/mol. The van der Waals surface area contributed by atoms with E-state index in [9.17, 15) is 32.7 Å². The molecule has 1 saturated carbocycles. The first-order valence-electron chi connectivity index (χ1n) is 12.8. The van der Waals surface area contributed by atoms with E-state index in [2.05, 4.69) is 15.6 Å². The van der Waals surface area contributed by atoms with E-state index in [0.29, 0.717) is 30.5 Å². The summed E-state index contributed by atoms with van der Waals surface area (Å²) in [6.07, 6.45) is -3.20. The number of nitrogens with zero attached hydrogens (tertiary/aromatic N) is 1. The van der Waals surface area contributed by atoms with Crippen molar-refractivity contribution in [3.8, 4) is 22.6 Å². The van der Waals surface area contributed by atoms with Gasteiger partial charge in [-0.1, -0.05) is 48.9 Å². The molecule has 1 aliphatic rings. The summed E-state index contributed by atoms with van der Waals surface area (Å²) >= 11 is 0. The molecule has 41 heavy (non-hydrogen) atoms. The van der Waals surface area contributed by atoms with Crippen molar-refractivity contribution >= 4 is 29.2 Å². The minimum atomic E-state index is -4.92. The number of benzene rings is 3. The van der Waals surface area contributed by atoms with Gasteiger partial charge in [0.1, 0.15) is 0 Å². The maximum absolute atomic E-state index is 13.6. The van der Waals surface area contributed by atoms with Crippen LogP contribution in [0.15, 0.2) is 83.3 Å². The average molecular weight is 564 g/mol. The molecule has 1 aromatic heterocycles. The molecule has 1 aliphatic carbocycles. The van der Waals surface area contributed by atoms with Crippen molar-refractivity contribution in [2.24, 2.45) is 11.8 Å². The number of carbonyl (C=O) groups is 3. The molecular formula is C30H24F3N3O5. The molecule has 4 aromatic rings. The molecule has 0 aliphatic heterocycles. The van der Waals surface area contributed by atoms with Gasteiger partial charge < -0.3 is 20.2 Å². The minimum Gasteiger partial charge on any atom is -0.481 e. The number of hydrogen-bond donors (Lipinski definition) is 3. The predicted octanol–water partition coefficient (Wildman–Crippen LogP) is 6.72. The van der Waals surface area contributed by atoms with Crippen LogP contribution < -0.4 is 10.6 Å². The minimum absolute atomic E-state index is 0.254. The van der Waals surface area contributed by atoms with Crippen molar-refractivity contribution in [1.29, 1.82) is 0 Å². The van der Waals surface area contributed by atoms with Crippen molar-refractivity contribution in [2.45, 2.75) is 25.4 Å². The Kier molecular flexibility index (Phi) is 7.60. The van der Waals surface area contributed by atoms with E-state index in [1.165, 1.54) is 12.1 Å². The smallest absolute Gasteiger partial charge is 0.452 e. The molecular weight excluding hydrogens is 539 g/mol. The van der Waals surface area contributed by atoms with Crippen LogP contribution in [0.3, 0.4) is 0 Å². The molecule has 2 amide bonds. The maximum Gasteiger partial charge on any atom is 0.452 e. The highest BCUT2D eigenvalue weighted by atomic mass is 19.4. The Morgan fingerprint density at radius 1 is 0.780 bits per heavy atom. The zero-order valence-electron chi connectivity index (χ0n) is 21.4. The summed E-state index contributed by atoms with van der Waals surface area (Å²) in [7, 11) is 0. The van der Waals surface area contributed by atoms with Gasteiger partial charge in [0.05, 0.1) is 11.8 Å². The van der Waals surface area contributed by atoms with E-state index in [-0.39, 0.29) is 17.5 Å². The summed E-state index contributed by atoms with van der Waals surface area (Å²) in [5.41, 5.74) is 1.76. The maximum atomic E-state index is 13.6. The fraction of sp³-hybridized carbons (Fsp3) is 0.200. The zero-order chi connectivity index (χ0) is 29.1. The van der Waals surface area contributed by atoms with Crippen LogP contribution in [-0.4, -0.2) is 27.9 Å². The molecule has 0 bridgehead atoms. The van der Waals surface area contributed by atoms with E-state index >= 15 is 0 Å². The van der Waals surface area contributed by atoms with Gasteiger partial charge in [0, 0.05) is 16.9 Å². The lowest BCUT2D eigenvalue weighted by Crippen LogP contribution is -2.29. The van der Waals surface area contributed by atoms with E-state index in [1.807, 2.05) is 0 Å². The number of oxazole rings is 1. The molecule has 1 heterocycles. The quantitative estimate of drug-likeness (QED) is 0.230. The number of amides is 2. The van der Waals surface area contributed by atoms with Gasteiger partial charge in [-0.15, -0.1) is 0 Å². The first-order chi connectivity index (χ1) is 19.6. The van der Waals surface area contributed by atoms with Crippen LogP contribution in [0.25, 0.3) is 22.6 Å². The first kappa shape index (κ1) is 27.6. The largest absolute Gasteiger partial charge is 0.481 e. The third-order valence-electron chi connectivity index (χ3n) is 6.92. The molecule has 5 rings (SSSR count). The Hall–Kier alpha value is -4.93. The number of nitrogens with one attached hydrogen (secondary N) is 2. The molecule has 0 saturated heterocycles. The summed E-state index contributed by atoms with van der Waals surface area (Å²) in [6.45, 7) is 0. The lowest BCUT2D eigenvalue weighted by molar-refractivity contribution is -0.153. The third kappa shape index (κ3) is 6.13. The topological polar surface area (TPSA) is 122 Å². The van der Waals surface area contributed by atoms with Gasteiger partial charge in [-0.05, 0) is 60.4 Å². The van der Waals surface area contributed by atoms with Gasteiger partial charge in [0.15, 0.2) is 5.69 Å². The number of alkyl halides is 3. The summed E-state index contributed by atoms with van der Waals surface area (Å²) in [5.74, 6) is -5.39. The second kappa shape index (κ2) is 11.3. The Morgan fingerprint density at radius 2 is 1.34 bits per heavy atom. The van der Waals surface area contributed by atoms with Gasteiger partial charge in [-0.25, -0.2) is 4.98 Å². The molecule has 11 heteroatoms. The molecule has 8 nitrogen and oxygen atoms in total. The summed E-state index contributed by atoms with van der Waals surface area (Å²) in [6, 6.07) is 21.3. The Balaban J connectivity index is 1.26. The van der Waals surface area contributed by atoms with Crippen LogP contribution in [0.1, 0.15) is 35.5 Å². The number of anilines is 2. The highest BCUT2D eigenvalue weighted by molar-refractivity contribution is 6.04. The van der Waals surface area contributed by atoms with E-state index < -0.39 is 41.3 Å². The number of carbonyl (C=O) groups excluding carboxylic acids is 2. The fourth-order valence-electron chi connectivity index (χ4n) is 4.86. The van der Waals surface area contributed by atoms with Crippen molar-refractivity contribution < 1.29 is 37.1 Å². The lowest BCUT2D eigenvalue weighted by Gasteiger charge is -2.15. The number of aliphatic carboxylic acids is 1. The van der Waals surface area contributed by atoms with Gasteiger partial charge in [0.25, 0.3) is 5.91 Å². The number of carboxylic acids is 1. The van der Waals surface area contributed by atoms with Crippen LogP contribution in [0.4, 0.5) is 24.5 Å². The van der Waals surface area contributed by atoms with Crippen molar-refractivity contribution in [1.82, 2.24) is 4.98 Å². The van der Waals surface area contributed by atoms with Crippen molar-refractivity contribution in [2.75, 3.05) is 10.6 Å². The van der Waals surface area contributed by atoms with Crippen molar-refractivity contribution in [3.05, 3.63) is 90.3 Å². The van der Waals surface area contributed by atoms with Gasteiger partial charge >= 0.3 is 12.1 Å². The molecule has 0 unspecified atom stereocenters. The molecule has 2 atom stereocenters. The Morgan fingerprint density at radius 3 is 1.90 bits per heavy atom. The zero-order valence-corrected chi connectivity index (χ0v) is 21.4. The summed E-state index contributed by atoms with van der Waals surface area (Å²) < 4.78 is 45.7. The monoisotopic (exact) mass is 563 g/mol. The van der Waals surface area contributed by atoms with E-state index in [4.69, 9.17) is 4.42 Å². The summed E-state index contributed by atoms with van der Waals surface area (Å²) in [4.78, 5) is 40.5. The number of rotatable bonds is 7. The van der Waals surface area contributed by atoms with Crippen molar-refractivity contribution in [3.63, 3.8) is 0 Å². The van der Waals surface area contributed by atoms with Crippen LogP contribution in [0, 0.1) is 11.8 Å². The molecule has 3 aromatic carbocycles. The lowest BCUT2D eigenvalue weighted by atomic mass is 9.95. The number of carboxylic acid groups (broad SMARTS) is 1. The van der Waals surface area contributed by atoms with Crippen LogP contribution >= 0.6 is 0 Å². The fourth-order valence-corrected chi connectivity index (χ4v) is 4.86. The highest BCUT2D eigenvalue weighted by Crippen LogP contribution is 2.36. The normalized spacial score (nSPS) is 16.8. The Labute approximate surface area is 232 Å². The number of halogens is 3. The standard InChI is InChI=1S/C30H24F3N3O5/c31-30(32,33)25-24(36-28(41-25)19-5-2-1-3-6-19)27(38)35-21-15-11-18(12-16-21)17-9-13-20(14-10-17)34-26(37)22-7-4-8-23(22)29(39)40/h1-3,5-6,9-16,22-23H,4,7-8H2,(H,34,37)(H,35,38)(H,39,40)/t22-,23-/m1/s1.